The average molecular weight is 242 g/mol. The molecule has 0 unspecified atom stereocenters. The Kier molecular flexibility index (Phi) is 3.56. The normalized spacial score (nSPS) is 15.1. The Morgan fingerprint density at radius 1 is 1.50 bits per heavy atom. The molecule has 2 nitrogen and oxygen atoms in total. The molecule has 0 bridgehead atoms. The molecule has 16 heavy (non-hydrogen) atoms. The van der Waals surface area contributed by atoms with Gasteiger partial charge in [-0.15, -0.1) is 0 Å². The van der Waals surface area contributed by atoms with Crippen LogP contribution in [0.4, 0.5) is 4.39 Å². The molecule has 0 radical (unpaired) electrons. The number of Topliss-reactive ketones (excluding diaryl/α,β-unsaturated/α-hetero) is 1. The molecule has 0 aromatic heterocycles. The smallest absolute Gasteiger partial charge is 0.151 e. The van der Waals surface area contributed by atoms with Gasteiger partial charge < -0.3 is 5.32 Å². The second-order valence-electron chi connectivity index (χ2n) is 4.07. The summed E-state index contributed by atoms with van der Waals surface area (Å²) >= 11 is 5.84. The molecule has 2 rings (SSSR count). The predicted octanol–water partition coefficient (Wildman–Crippen LogP) is 2.34. The van der Waals surface area contributed by atoms with Crippen molar-refractivity contribution in [2.45, 2.75) is 25.3 Å². The van der Waals surface area contributed by atoms with Crippen molar-refractivity contribution in [2.75, 3.05) is 6.54 Å². The molecule has 0 amide bonds. The van der Waals surface area contributed by atoms with Crippen molar-refractivity contribution in [3.63, 3.8) is 0 Å². The third kappa shape index (κ3) is 3.03. The molecule has 0 heterocycles. The van der Waals surface area contributed by atoms with Crippen molar-refractivity contribution in [2.24, 2.45) is 0 Å². The number of nitrogens with one attached hydrogen (secondary N) is 1. The summed E-state index contributed by atoms with van der Waals surface area (Å²) in [5.41, 5.74) is 0.298. The third-order valence-corrected chi connectivity index (χ3v) is 2.96. The minimum Gasteiger partial charge on any atom is -0.307 e. The first-order chi connectivity index (χ1) is 7.66. The summed E-state index contributed by atoms with van der Waals surface area (Å²) in [6.07, 6.45) is 2.33. The van der Waals surface area contributed by atoms with Gasteiger partial charge in [-0.2, -0.15) is 0 Å². The van der Waals surface area contributed by atoms with Gasteiger partial charge in [-0.05, 0) is 25.0 Å². The molecule has 1 aromatic rings. The van der Waals surface area contributed by atoms with E-state index in [0.29, 0.717) is 23.2 Å². The van der Waals surface area contributed by atoms with Gasteiger partial charge in [0.2, 0.25) is 0 Å². The van der Waals surface area contributed by atoms with E-state index in [1.54, 1.807) is 6.07 Å². The summed E-state index contributed by atoms with van der Waals surface area (Å²) in [6, 6.07) is 4.94. The van der Waals surface area contributed by atoms with Gasteiger partial charge in [0.25, 0.3) is 0 Å². The molecular weight excluding hydrogens is 229 g/mol. The van der Waals surface area contributed by atoms with Crippen molar-refractivity contribution in [3.05, 3.63) is 34.6 Å². The summed E-state index contributed by atoms with van der Waals surface area (Å²) in [5, 5.41) is 3.42. The van der Waals surface area contributed by atoms with Crippen LogP contribution in [0.2, 0.25) is 5.02 Å². The molecule has 0 aliphatic heterocycles. The number of carbonyl (C=O) groups excluding carboxylic acids is 1. The highest BCUT2D eigenvalue weighted by molar-refractivity contribution is 6.31. The van der Waals surface area contributed by atoms with Gasteiger partial charge >= 0.3 is 0 Å². The van der Waals surface area contributed by atoms with Gasteiger partial charge in [0.1, 0.15) is 5.82 Å². The zero-order chi connectivity index (χ0) is 11.5. The number of hydrogen-bond acceptors (Lipinski definition) is 2. The molecule has 1 saturated carbocycles. The number of carbonyl (C=O) groups is 1. The Hall–Kier alpha value is -0.930. The summed E-state index contributed by atoms with van der Waals surface area (Å²) in [4.78, 5) is 11.6. The van der Waals surface area contributed by atoms with Crippen LogP contribution in [0.3, 0.4) is 0 Å². The van der Waals surface area contributed by atoms with Crippen molar-refractivity contribution in [1.29, 1.82) is 0 Å². The van der Waals surface area contributed by atoms with Crippen LogP contribution in [0.25, 0.3) is 0 Å². The van der Waals surface area contributed by atoms with Crippen molar-refractivity contribution < 1.29 is 9.18 Å². The molecule has 86 valence electrons. The minimum absolute atomic E-state index is 0.0288. The van der Waals surface area contributed by atoms with Gasteiger partial charge in [0, 0.05) is 23.0 Å². The standard InChI is InChI=1S/C12H13ClFNO/c13-11-2-1-3-12(14)10(11)6-9(16)7-15-8-4-5-8/h1-3,8,15H,4-7H2. The molecule has 0 spiro atoms. The summed E-state index contributed by atoms with van der Waals surface area (Å²) in [6.45, 7) is 0.301. The van der Waals surface area contributed by atoms with Crippen molar-refractivity contribution in [1.82, 2.24) is 5.32 Å². The van der Waals surface area contributed by atoms with E-state index < -0.39 is 5.82 Å². The molecule has 0 atom stereocenters. The Labute approximate surface area is 98.8 Å². The third-order valence-electron chi connectivity index (χ3n) is 2.60. The second kappa shape index (κ2) is 4.93. The lowest BCUT2D eigenvalue weighted by molar-refractivity contribution is -0.117. The van der Waals surface area contributed by atoms with Crippen LogP contribution >= 0.6 is 11.6 Å². The van der Waals surface area contributed by atoms with E-state index in [9.17, 15) is 9.18 Å². The molecule has 0 saturated heterocycles. The van der Waals surface area contributed by atoms with Gasteiger partial charge in [0.15, 0.2) is 5.78 Å². The maximum Gasteiger partial charge on any atom is 0.151 e. The quantitative estimate of drug-likeness (QED) is 0.858. The molecule has 4 heteroatoms. The zero-order valence-corrected chi connectivity index (χ0v) is 9.56. The Morgan fingerprint density at radius 3 is 2.88 bits per heavy atom. The van der Waals surface area contributed by atoms with Crippen LogP contribution in [0.1, 0.15) is 18.4 Å². The highest BCUT2D eigenvalue weighted by atomic mass is 35.5. The summed E-state index contributed by atoms with van der Waals surface area (Å²) < 4.78 is 13.4. The van der Waals surface area contributed by atoms with E-state index in [0.717, 1.165) is 12.8 Å². The first kappa shape index (κ1) is 11.6. The molecule has 1 aromatic carbocycles. The number of ketones is 1. The van der Waals surface area contributed by atoms with Crippen LogP contribution in [0.5, 0.6) is 0 Å². The van der Waals surface area contributed by atoms with E-state index in [4.69, 9.17) is 11.6 Å². The maximum absolute atomic E-state index is 13.4. The first-order valence-corrected chi connectivity index (χ1v) is 5.72. The van der Waals surface area contributed by atoms with Crippen LogP contribution in [0.15, 0.2) is 18.2 Å². The predicted molar refractivity (Wildman–Crippen MR) is 61.1 cm³/mol. The Bertz CT molecular complexity index is 384. The minimum atomic E-state index is -0.410. The molecule has 1 aliphatic carbocycles. The number of halogens is 2. The maximum atomic E-state index is 13.4. The fourth-order valence-electron chi connectivity index (χ4n) is 1.51. The molecular formula is C12H13ClFNO. The van der Waals surface area contributed by atoms with Crippen molar-refractivity contribution >= 4 is 17.4 Å². The van der Waals surface area contributed by atoms with E-state index in [2.05, 4.69) is 5.32 Å². The largest absolute Gasteiger partial charge is 0.307 e. The Balaban J connectivity index is 1.93. The number of hydrogen-bond donors (Lipinski definition) is 1. The SMILES string of the molecule is O=C(CNC1CC1)Cc1c(F)cccc1Cl. The second-order valence-corrected chi connectivity index (χ2v) is 4.48. The van der Waals surface area contributed by atoms with Gasteiger partial charge in [-0.3, -0.25) is 4.79 Å². The number of rotatable bonds is 5. The van der Waals surface area contributed by atoms with Crippen molar-refractivity contribution in [3.8, 4) is 0 Å². The average Bonchev–Trinajstić information content (AvgIpc) is 3.04. The van der Waals surface area contributed by atoms with E-state index in [-0.39, 0.29) is 12.2 Å². The molecule has 1 fully saturated rings. The monoisotopic (exact) mass is 241 g/mol. The first-order valence-electron chi connectivity index (χ1n) is 5.35. The molecule has 1 aliphatic rings. The topological polar surface area (TPSA) is 29.1 Å². The molecule has 1 N–H and O–H groups in total. The Morgan fingerprint density at radius 2 is 2.25 bits per heavy atom. The lowest BCUT2D eigenvalue weighted by Crippen LogP contribution is -2.26. The lowest BCUT2D eigenvalue weighted by Gasteiger charge is -2.05. The van der Waals surface area contributed by atoms with Crippen LogP contribution in [-0.2, 0) is 11.2 Å². The van der Waals surface area contributed by atoms with E-state index in [1.165, 1.54) is 12.1 Å². The van der Waals surface area contributed by atoms with Gasteiger partial charge in [-0.1, -0.05) is 17.7 Å². The fourth-order valence-corrected chi connectivity index (χ4v) is 1.74. The lowest BCUT2D eigenvalue weighted by atomic mass is 10.1. The van der Waals surface area contributed by atoms with Crippen LogP contribution in [0, 0.1) is 5.82 Å². The van der Waals surface area contributed by atoms with E-state index >= 15 is 0 Å². The van der Waals surface area contributed by atoms with Crippen LogP contribution in [-0.4, -0.2) is 18.4 Å². The fraction of sp³-hybridized carbons (Fsp3) is 0.417. The van der Waals surface area contributed by atoms with E-state index in [1.807, 2.05) is 0 Å². The highest BCUT2D eigenvalue weighted by Crippen LogP contribution is 2.20. The summed E-state index contributed by atoms with van der Waals surface area (Å²) in [7, 11) is 0. The van der Waals surface area contributed by atoms with Gasteiger partial charge in [-0.25, -0.2) is 4.39 Å². The number of benzene rings is 1. The zero-order valence-electron chi connectivity index (χ0n) is 8.80. The van der Waals surface area contributed by atoms with Gasteiger partial charge in [0.05, 0.1) is 6.54 Å². The summed E-state index contributed by atoms with van der Waals surface area (Å²) in [5.74, 6) is -0.439. The van der Waals surface area contributed by atoms with Crippen LogP contribution < -0.4 is 5.32 Å². The highest BCUT2D eigenvalue weighted by Gasteiger charge is 2.21.